The summed E-state index contributed by atoms with van der Waals surface area (Å²) in [5.41, 5.74) is 3.47. The molecule has 1 saturated heterocycles. The Balaban J connectivity index is 0.000000944. The minimum Gasteiger partial charge on any atom is -0.388 e. The van der Waals surface area contributed by atoms with Crippen molar-refractivity contribution in [1.82, 2.24) is 9.62 Å². The van der Waals surface area contributed by atoms with E-state index in [0.29, 0.717) is 18.0 Å². The van der Waals surface area contributed by atoms with Crippen LogP contribution in [-0.4, -0.2) is 53.1 Å². The van der Waals surface area contributed by atoms with E-state index in [9.17, 15) is 8.42 Å². The summed E-state index contributed by atoms with van der Waals surface area (Å²) in [6.45, 7) is 9.57. The van der Waals surface area contributed by atoms with Crippen LogP contribution in [0.15, 0.2) is 53.4 Å². The predicted octanol–water partition coefficient (Wildman–Crippen LogP) is 5.36. The molecule has 6 heteroatoms. The Morgan fingerprint density at radius 3 is 1.88 bits per heavy atom. The molecule has 0 radical (unpaired) electrons. The van der Waals surface area contributed by atoms with E-state index < -0.39 is 10.0 Å². The average molecular weight is 463 g/mol. The Morgan fingerprint density at radius 2 is 1.38 bits per heavy atom. The number of nitrogens with zero attached hydrogens (tertiary/aromatic N) is 1. The Bertz CT molecular complexity index is 828. The van der Waals surface area contributed by atoms with Crippen molar-refractivity contribution in [3.05, 3.63) is 54.1 Å². The van der Waals surface area contributed by atoms with E-state index >= 15 is 0 Å². The zero-order chi connectivity index (χ0) is 23.8. The average Bonchev–Trinajstić information content (AvgIpc) is 3.37. The van der Waals surface area contributed by atoms with Gasteiger partial charge in [-0.2, -0.15) is 4.31 Å². The quantitative estimate of drug-likeness (QED) is 0.510. The number of sulfonamides is 1. The van der Waals surface area contributed by atoms with Gasteiger partial charge in [-0.25, -0.2) is 8.42 Å². The highest BCUT2D eigenvalue weighted by Crippen LogP contribution is 2.25. The molecule has 0 atom stereocenters. The van der Waals surface area contributed by atoms with Crippen molar-refractivity contribution in [1.29, 1.82) is 0 Å². The summed E-state index contributed by atoms with van der Waals surface area (Å²) in [5, 5.41) is 3.46. The van der Waals surface area contributed by atoms with E-state index in [4.69, 9.17) is 0 Å². The first-order valence-corrected chi connectivity index (χ1v) is 13.3. The summed E-state index contributed by atoms with van der Waals surface area (Å²) in [6, 6.07) is 15.8. The van der Waals surface area contributed by atoms with Crippen molar-refractivity contribution in [3.8, 4) is 11.1 Å². The maximum atomic E-state index is 12.6. The molecule has 0 amide bonds. The summed E-state index contributed by atoms with van der Waals surface area (Å²) in [7, 11) is -0.0851. The predicted molar refractivity (Wildman–Crippen MR) is 136 cm³/mol. The second kappa shape index (κ2) is 16.0. The molecule has 180 valence electrons. The first-order valence-electron chi connectivity index (χ1n) is 11.8. The van der Waals surface area contributed by atoms with Crippen LogP contribution < -0.4 is 5.32 Å². The SMILES string of the molecule is CC.CCCCNCCc1ccc(-c2ccc(S(=O)(=O)N3CCCC3)cc2)cc1.COC. The van der Waals surface area contributed by atoms with Gasteiger partial charge in [0.25, 0.3) is 0 Å². The van der Waals surface area contributed by atoms with Crippen LogP contribution in [0.2, 0.25) is 0 Å². The van der Waals surface area contributed by atoms with Gasteiger partial charge in [-0.15, -0.1) is 0 Å². The van der Waals surface area contributed by atoms with Crippen LogP contribution in [0.3, 0.4) is 0 Å². The third-order valence-corrected chi connectivity index (χ3v) is 7.05. The number of benzene rings is 2. The number of ether oxygens (including phenoxy) is 1. The second-order valence-electron chi connectivity index (χ2n) is 7.59. The normalized spacial score (nSPS) is 13.7. The summed E-state index contributed by atoms with van der Waals surface area (Å²) in [6.07, 6.45) is 5.38. The summed E-state index contributed by atoms with van der Waals surface area (Å²) in [4.78, 5) is 0.392. The number of hydrogen-bond donors (Lipinski definition) is 1. The van der Waals surface area contributed by atoms with Gasteiger partial charge < -0.3 is 10.1 Å². The van der Waals surface area contributed by atoms with Gasteiger partial charge in [-0.05, 0) is 67.6 Å². The molecule has 32 heavy (non-hydrogen) atoms. The zero-order valence-electron chi connectivity index (χ0n) is 20.6. The van der Waals surface area contributed by atoms with Crippen LogP contribution >= 0.6 is 0 Å². The molecule has 1 aliphatic rings. The molecule has 1 aliphatic heterocycles. The number of hydrogen-bond acceptors (Lipinski definition) is 4. The third-order valence-electron chi connectivity index (χ3n) is 5.14. The lowest BCUT2D eigenvalue weighted by atomic mass is 10.0. The fraction of sp³-hybridized carbons (Fsp3) is 0.538. The maximum Gasteiger partial charge on any atom is 0.243 e. The fourth-order valence-corrected chi connectivity index (χ4v) is 4.94. The van der Waals surface area contributed by atoms with Gasteiger partial charge in [0, 0.05) is 27.3 Å². The first-order chi connectivity index (χ1) is 15.5. The van der Waals surface area contributed by atoms with Crippen LogP contribution in [0.5, 0.6) is 0 Å². The maximum absolute atomic E-state index is 12.6. The monoisotopic (exact) mass is 462 g/mol. The van der Waals surface area contributed by atoms with Crippen LogP contribution in [0, 0.1) is 0 Å². The van der Waals surface area contributed by atoms with Crippen LogP contribution in [0.4, 0.5) is 0 Å². The lowest BCUT2D eigenvalue weighted by Crippen LogP contribution is -2.27. The lowest BCUT2D eigenvalue weighted by Gasteiger charge is -2.15. The van der Waals surface area contributed by atoms with E-state index in [-0.39, 0.29) is 0 Å². The van der Waals surface area contributed by atoms with Crippen molar-refractivity contribution in [2.24, 2.45) is 0 Å². The van der Waals surface area contributed by atoms with Crippen molar-refractivity contribution in [2.45, 2.75) is 57.8 Å². The van der Waals surface area contributed by atoms with Crippen LogP contribution in [0.25, 0.3) is 11.1 Å². The van der Waals surface area contributed by atoms with Crippen molar-refractivity contribution >= 4 is 10.0 Å². The van der Waals surface area contributed by atoms with Gasteiger partial charge in [-0.3, -0.25) is 0 Å². The Kier molecular flexibility index (Phi) is 14.1. The van der Waals surface area contributed by atoms with Crippen molar-refractivity contribution in [2.75, 3.05) is 40.4 Å². The number of unbranched alkanes of at least 4 members (excludes halogenated alkanes) is 1. The van der Waals surface area contributed by atoms with Gasteiger partial charge in [0.1, 0.15) is 0 Å². The van der Waals surface area contributed by atoms with Gasteiger partial charge in [-0.1, -0.05) is 63.6 Å². The molecular formula is C26H42N2O3S. The molecule has 0 aromatic heterocycles. The molecule has 2 aromatic rings. The molecule has 0 spiro atoms. The van der Waals surface area contributed by atoms with Gasteiger partial charge in [0.05, 0.1) is 4.90 Å². The minimum absolute atomic E-state index is 0.392. The van der Waals surface area contributed by atoms with Crippen molar-refractivity contribution in [3.63, 3.8) is 0 Å². The molecule has 1 fully saturated rings. The smallest absolute Gasteiger partial charge is 0.243 e. The number of methoxy groups -OCH3 is 1. The molecular weight excluding hydrogens is 420 g/mol. The molecule has 0 saturated carbocycles. The van der Waals surface area contributed by atoms with Gasteiger partial charge in [0.2, 0.25) is 10.0 Å². The van der Waals surface area contributed by atoms with Gasteiger partial charge >= 0.3 is 0 Å². The van der Waals surface area contributed by atoms with E-state index in [1.54, 1.807) is 30.7 Å². The first kappa shape index (κ1) is 28.3. The zero-order valence-corrected chi connectivity index (χ0v) is 21.4. The van der Waals surface area contributed by atoms with E-state index in [0.717, 1.165) is 43.5 Å². The highest BCUT2D eigenvalue weighted by molar-refractivity contribution is 7.89. The van der Waals surface area contributed by atoms with E-state index in [1.165, 1.54) is 18.4 Å². The molecule has 0 aliphatic carbocycles. The minimum atomic E-state index is -3.34. The highest BCUT2D eigenvalue weighted by atomic mass is 32.2. The second-order valence-corrected chi connectivity index (χ2v) is 9.53. The standard InChI is InChI=1S/C22H30N2O2S.C2H6O.C2H6/c1-2-3-15-23-16-14-19-6-8-20(9-7-19)21-10-12-22(13-11-21)27(25,26)24-17-4-5-18-24;1-3-2;1-2/h6-13,23H,2-5,14-18H2,1H3;1-2H3;1-2H3. The van der Waals surface area contributed by atoms with E-state index in [2.05, 4.69) is 41.2 Å². The molecule has 5 nitrogen and oxygen atoms in total. The summed E-state index contributed by atoms with van der Waals surface area (Å²) < 4.78 is 31.1. The third kappa shape index (κ3) is 9.02. The Morgan fingerprint density at radius 1 is 0.875 bits per heavy atom. The molecule has 1 heterocycles. The number of nitrogens with one attached hydrogen (secondary N) is 1. The van der Waals surface area contributed by atoms with Crippen molar-refractivity contribution < 1.29 is 13.2 Å². The molecule has 1 N–H and O–H groups in total. The molecule has 0 bridgehead atoms. The number of rotatable bonds is 9. The fourth-order valence-electron chi connectivity index (χ4n) is 3.42. The topological polar surface area (TPSA) is 58.6 Å². The summed E-state index contributed by atoms with van der Waals surface area (Å²) in [5.74, 6) is 0. The van der Waals surface area contributed by atoms with Crippen LogP contribution in [-0.2, 0) is 21.2 Å². The molecule has 0 unspecified atom stereocenters. The largest absolute Gasteiger partial charge is 0.388 e. The van der Waals surface area contributed by atoms with E-state index in [1.807, 2.05) is 26.0 Å². The Labute approximate surface area is 196 Å². The Hall–Kier alpha value is -1.73. The molecule has 3 rings (SSSR count). The lowest BCUT2D eigenvalue weighted by molar-refractivity contribution is 0.277. The highest BCUT2D eigenvalue weighted by Gasteiger charge is 2.26. The summed E-state index contributed by atoms with van der Waals surface area (Å²) >= 11 is 0. The molecule has 2 aromatic carbocycles. The van der Waals surface area contributed by atoms with Gasteiger partial charge in [0.15, 0.2) is 0 Å². The van der Waals surface area contributed by atoms with Crippen LogP contribution in [0.1, 0.15) is 52.0 Å².